The second kappa shape index (κ2) is 10.6. The minimum Gasteiger partial charge on any atom is -0.508 e. The Balaban J connectivity index is 0.00000256. The number of hydrogen-bond donors (Lipinski definition) is 1. The third kappa shape index (κ3) is 5.43. The average molecular weight is 474 g/mol. The summed E-state index contributed by atoms with van der Waals surface area (Å²) < 4.78 is 11.6. The fraction of sp³-hybridized carbons (Fsp3) is 0.375. The number of halogens is 1. The summed E-state index contributed by atoms with van der Waals surface area (Å²) in [5.74, 6) is 0.882. The van der Waals surface area contributed by atoms with E-state index in [-0.39, 0.29) is 28.2 Å². The van der Waals surface area contributed by atoms with Crippen molar-refractivity contribution in [3.8, 4) is 22.6 Å². The molecule has 5 nitrogen and oxygen atoms in total. The molecule has 0 atom stereocenters. The summed E-state index contributed by atoms with van der Waals surface area (Å²) in [5.41, 5.74) is 1.62. The SMILES string of the molecule is Br.O=c1c(-c2ccc(O)cc2)coc2cc(OCCCCN3CCCCC3)ccc12. The molecule has 0 aliphatic carbocycles. The number of piperidine rings is 1. The normalized spacial score (nSPS) is 14.4. The molecule has 0 unspecified atom stereocenters. The van der Waals surface area contributed by atoms with Crippen LogP contribution in [0.1, 0.15) is 32.1 Å². The Morgan fingerprint density at radius 1 is 1.00 bits per heavy atom. The van der Waals surface area contributed by atoms with Crippen molar-refractivity contribution in [1.82, 2.24) is 4.90 Å². The predicted molar refractivity (Wildman–Crippen MR) is 125 cm³/mol. The molecule has 1 aliphatic rings. The second-order valence-electron chi connectivity index (χ2n) is 7.64. The Morgan fingerprint density at radius 2 is 1.77 bits per heavy atom. The molecule has 0 spiro atoms. The van der Waals surface area contributed by atoms with Gasteiger partial charge in [0.25, 0.3) is 0 Å². The minimum absolute atomic E-state index is 0. The lowest BCUT2D eigenvalue weighted by molar-refractivity contribution is 0.216. The van der Waals surface area contributed by atoms with Crippen LogP contribution in [0.4, 0.5) is 0 Å². The van der Waals surface area contributed by atoms with Gasteiger partial charge in [-0.15, -0.1) is 17.0 Å². The highest BCUT2D eigenvalue weighted by Gasteiger charge is 2.11. The molecule has 6 heteroatoms. The molecule has 1 aromatic heterocycles. The fourth-order valence-corrected chi connectivity index (χ4v) is 3.85. The number of ether oxygens (including phenoxy) is 1. The molecule has 160 valence electrons. The summed E-state index contributed by atoms with van der Waals surface area (Å²) in [6.45, 7) is 4.28. The van der Waals surface area contributed by atoms with Gasteiger partial charge in [-0.05, 0) is 75.1 Å². The standard InChI is InChI=1S/C24H27NO4.BrH/c26-19-8-6-18(7-9-19)22-17-29-23-16-20(10-11-21(23)24(22)27)28-15-5-4-14-25-12-2-1-3-13-25;/h6-11,16-17,26H,1-5,12-15H2;1H. The van der Waals surface area contributed by atoms with E-state index in [9.17, 15) is 9.90 Å². The molecule has 3 aromatic rings. The molecule has 30 heavy (non-hydrogen) atoms. The maximum absolute atomic E-state index is 12.8. The van der Waals surface area contributed by atoms with Gasteiger partial charge in [0, 0.05) is 6.07 Å². The second-order valence-corrected chi connectivity index (χ2v) is 7.64. The average Bonchev–Trinajstić information content (AvgIpc) is 2.75. The molecule has 0 bridgehead atoms. The van der Waals surface area contributed by atoms with E-state index >= 15 is 0 Å². The summed E-state index contributed by atoms with van der Waals surface area (Å²) in [7, 11) is 0. The van der Waals surface area contributed by atoms with Crippen LogP contribution in [0.15, 0.2) is 57.9 Å². The minimum atomic E-state index is -0.0926. The van der Waals surface area contributed by atoms with Gasteiger partial charge in [-0.1, -0.05) is 18.6 Å². The van der Waals surface area contributed by atoms with Crippen LogP contribution in [0.2, 0.25) is 0 Å². The van der Waals surface area contributed by atoms with Crippen LogP contribution in [0.25, 0.3) is 22.1 Å². The van der Waals surface area contributed by atoms with Crippen LogP contribution in [0.3, 0.4) is 0 Å². The molecule has 1 fully saturated rings. The summed E-state index contributed by atoms with van der Waals surface area (Å²) in [4.78, 5) is 15.3. The van der Waals surface area contributed by atoms with E-state index in [0.717, 1.165) is 25.1 Å². The Labute approximate surface area is 187 Å². The first kappa shape index (κ1) is 22.4. The smallest absolute Gasteiger partial charge is 0.200 e. The quantitative estimate of drug-likeness (QED) is 0.466. The zero-order chi connectivity index (χ0) is 20.1. The lowest BCUT2D eigenvalue weighted by atomic mass is 10.1. The van der Waals surface area contributed by atoms with E-state index in [2.05, 4.69) is 4.90 Å². The van der Waals surface area contributed by atoms with E-state index in [1.165, 1.54) is 38.6 Å². The van der Waals surface area contributed by atoms with Crippen LogP contribution in [0.5, 0.6) is 11.5 Å². The van der Waals surface area contributed by atoms with Gasteiger partial charge in [-0.3, -0.25) is 4.79 Å². The van der Waals surface area contributed by atoms with Crippen LogP contribution >= 0.6 is 17.0 Å². The van der Waals surface area contributed by atoms with Gasteiger partial charge in [-0.2, -0.15) is 0 Å². The van der Waals surface area contributed by atoms with Gasteiger partial charge >= 0.3 is 0 Å². The number of phenolic OH excluding ortho intramolecular Hbond substituents is 1. The van der Waals surface area contributed by atoms with Crippen molar-refractivity contribution < 1.29 is 14.3 Å². The summed E-state index contributed by atoms with van der Waals surface area (Å²) in [6, 6.07) is 11.9. The Morgan fingerprint density at radius 3 is 2.53 bits per heavy atom. The van der Waals surface area contributed by atoms with Crippen LogP contribution in [-0.4, -0.2) is 36.2 Å². The Bertz CT molecular complexity index is 1010. The van der Waals surface area contributed by atoms with Crippen molar-refractivity contribution in [2.24, 2.45) is 0 Å². The first-order chi connectivity index (χ1) is 14.2. The van der Waals surface area contributed by atoms with Gasteiger partial charge in [0.05, 0.1) is 17.6 Å². The topological polar surface area (TPSA) is 62.9 Å². The zero-order valence-corrected chi connectivity index (χ0v) is 18.7. The van der Waals surface area contributed by atoms with E-state index in [1.54, 1.807) is 36.4 Å². The summed E-state index contributed by atoms with van der Waals surface area (Å²) >= 11 is 0. The summed E-state index contributed by atoms with van der Waals surface area (Å²) in [5, 5.41) is 9.95. The molecule has 0 radical (unpaired) electrons. The molecule has 2 heterocycles. The van der Waals surface area contributed by atoms with Crippen LogP contribution < -0.4 is 10.2 Å². The molecule has 2 aromatic carbocycles. The molecule has 0 amide bonds. The largest absolute Gasteiger partial charge is 0.508 e. The number of fused-ring (bicyclic) bond motifs is 1. The van der Waals surface area contributed by atoms with Gasteiger partial charge < -0.3 is 19.2 Å². The van der Waals surface area contributed by atoms with Crippen molar-refractivity contribution in [1.29, 1.82) is 0 Å². The fourth-order valence-electron chi connectivity index (χ4n) is 3.85. The number of phenols is 1. The van der Waals surface area contributed by atoms with Crippen molar-refractivity contribution in [2.75, 3.05) is 26.2 Å². The lowest BCUT2D eigenvalue weighted by Crippen LogP contribution is -2.30. The molecular formula is C24H28BrNO4. The molecular weight excluding hydrogens is 446 g/mol. The van der Waals surface area contributed by atoms with Crippen molar-refractivity contribution in [3.05, 3.63) is 59.0 Å². The van der Waals surface area contributed by atoms with Crippen molar-refractivity contribution >= 4 is 28.0 Å². The molecule has 1 saturated heterocycles. The highest BCUT2D eigenvalue weighted by atomic mass is 79.9. The first-order valence-electron chi connectivity index (χ1n) is 10.4. The number of aromatic hydroxyl groups is 1. The molecule has 1 aliphatic heterocycles. The molecule has 1 N–H and O–H groups in total. The highest BCUT2D eigenvalue weighted by Crippen LogP contribution is 2.24. The van der Waals surface area contributed by atoms with Crippen LogP contribution in [-0.2, 0) is 0 Å². The van der Waals surface area contributed by atoms with E-state index in [0.29, 0.717) is 28.7 Å². The van der Waals surface area contributed by atoms with Crippen LogP contribution in [0, 0.1) is 0 Å². The van der Waals surface area contributed by atoms with Crippen molar-refractivity contribution in [3.63, 3.8) is 0 Å². The van der Waals surface area contributed by atoms with E-state index in [1.807, 2.05) is 6.07 Å². The first-order valence-corrected chi connectivity index (χ1v) is 10.4. The number of rotatable bonds is 7. The van der Waals surface area contributed by atoms with Gasteiger partial charge in [-0.25, -0.2) is 0 Å². The van der Waals surface area contributed by atoms with Gasteiger partial charge in [0.15, 0.2) is 5.43 Å². The monoisotopic (exact) mass is 473 g/mol. The van der Waals surface area contributed by atoms with Gasteiger partial charge in [0.1, 0.15) is 23.3 Å². The van der Waals surface area contributed by atoms with Gasteiger partial charge in [0.2, 0.25) is 0 Å². The Hall–Kier alpha value is -2.31. The lowest BCUT2D eigenvalue weighted by Gasteiger charge is -2.26. The number of likely N-dealkylation sites (tertiary alicyclic amines) is 1. The third-order valence-electron chi connectivity index (χ3n) is 5.51. The van der Waals surface area contributed by atoms with E-state index in [4.69, 9.17) is 9.15 Å². The number of unbranched alkanes of at least 4 members (excludes halogenated alkanes) is 1. The predicted octanol–water partition coefficient (Wildman–Crippen LogP) is 5.39. The molecule has 4 rings (SSSR count). The molecule has 0 saturated carbocycles. The number of hydrogen-bond acceptors (Lipinski definition) is 5. The number of benzene rings is 2. The highest BCUT2D eigenvalue weighted by molar-refractivity contribution is 8.93. The zero-order valence-electron chi connectivity index (χ0n) is 17.0. The third-order valence-corrected chi connectivity index (χ3v) is 5.51. The van der Waals surface area contributed by atoms with Crippen molar-refractivity contribution in [2.45, 2.75) is 32.1 Å². The maximum Gasteiger partial charge on any atom is 0.200 e. The summed E-state index contributed by atoms with van der Waals surface area (Å²) in [6.07, 6.45) is 7.64. The number of nitrogens with zero attached hydrogens (tertiary/aromatic N) is 1. The van der Waals surface area contributed by atoms with E-state index < -0.39 is 0 Å². The maximum atomic E-state index is 12.8. The Kier molecular flexibility index (Phi) is 7.94.